The molecule has 1 saturated heterocycles. The first-order chi connectivity index (χ1) is 15.7. The molecule has 32 heavy (non-hydrogen) atoms. The van der Waals surface area contributed by atoms with Crippen molar-refractivity contribution in [3.8, 4) is 6.07 Å². The van der Waals surface area contributed by atoms with Gasteiger partial charge < -0.3 is 15.3 Å². The van der Waals surface area contributed by atoms with E-state index in [1.165, 1.54) is 0 Å². The first-order valence-electron chi connectivity index (χ1n) is 11.5. The molecule has 1 aliphatic rings. The molecule has 1 fully saturated rings. The van der Waals surface area contributed by atoms with Crippen molar-refractivity contribution in [1.29, 1.82) is 5.26 Å². The molecule has 0 atom stereocenters. The fourth-order valence-corrected chi connectivity index (χ4v) is 4.79. The Bertz CT molecular complexity index is 965. The highest BCUT2D eigenvalue weighted by Gasteiger charge is 2.41. The summed E-state index contributed by atoms with van der Waals surface area (Å²) in [7, 11) is 0. The minimum Gasteiger partial charge on any atom is -0.385 e. The lowest BCUT2D eigenvalue weighted by atomic mass is 9.72. The van der Waals surface area contributed by atoms with Gasteiger partial charge in [0.2, 0.25) is 0 Å². The number of piperidine rings is 1. The Kier molecular flexibility index (Phi) is 7.21. The Labute approximate surface area is 191 Å². The summed E-state index contributed by atoms with van der Waals surface area (Å²) in [6, 6.07) is 30.0. The standard InChI is InChI=1S/C28H31N3O/c29-22-23-12-14-27(15-13-23)30-18-7-19-31-20-16-26(17-21-31)28(32,24-8-3-1-4-9-24)25-10-5-2-6-11-25/h1-6,8-15,26,30,32H,7,16-21H2. The van der Waals surface area contributed by atoms with E-state index < -0.39 is 5.60 Å². The van der Waals surface area contributed by atoms with E-state index in [0.29, 0.717) is 5.56 Å². The zero-order chi connectivity index (χ0) is 22.2. The lowest BCUT2D eigenvalue weighted by molar-refractivity contribution is -0.0141. The van der Waals surface area contributed by atoms with Crippen molar-refractivity contribution >= 4 is 5.69 Å². The Morgan fingerprint density at radius 1 is 0.875 bits per heavy atom. The van der Waals surface area contributed by atoms with Gasteiger partial charge in [0.05, 0.1) is 11.6 Å². The quantitative estimate of drug-likeness (QED) is 0.498. The van der Waals surface area contributed by atoms with Crippen LogP contribution in [0.1, 0.15) is 36.0 Å². The molecule has 164 valence electrons. The number of likely N-dealkylation sites (tertiary alicyclic amines) is 1. The second-order valence-electron chi connectivity index (χ2n) is 8.58. The van der Waals surface area contributed by atoms with Crippen LogP contribution in [0.4, 0.5) is 5.69 Å². The molecule has 0 saturated carbocycles. The lowest BCUT2D eigenvalue weighted by Gasteiger charge is -2.42. The van der Waals surface area contributed by atoms with Crippen LogP contribution in [-0.4, -0.2) is 36.2 Å². The number of hydrogen-bond acceptors (Lipinski definition) is 4. The molecular weight excluding hydrogens is 394 g/mol. The van der Waals surface area contributed by atoms with Gasteiger partial charge in [-0.05, 0) is 80.2 Å². The number of nitrogens with zero attached hydrogens (tertiary/aromatic N) is 2. The van der Waals surface area contributed by atoms with E-state index in [2.05, 4.69) is 16.3 Å². The van der Waals surface area contributed by atoms with Gasteiger partial charge in [-0.15, -0.1) is 0 Å². The Morgan fingerprint density at radius 2 is 1.44 bits per heavy atom. The van der Waals surface area contributed by atoms with Crippen LogP contribution >= 0.6 is 0 Å². The number of aliphatic hydroxyl groups is 1. The number of rotatable bonds is 8. The fourth-order valence-electron chi connectivity index (χ4n) is 4.79. The topological polar surface area (TPSA) is 59.3 Å². The SMILES string of the molecule is N#Cc1ccc(NCCCN2CCC(C(O)(c3ccccc3)c3ccccc3)CC2)cc1. The minimum absolute atomic E-state index is 0.195. The molecular formula is C28H31N3O. The second kappa shape index (κ2) is 10.5. The maximum atomic E-state index is 12.0. The molecule has 3 aromatic carbocycles. The predicted octanol–water partition coefficient (Wildman–Crippen LogP) is 5.01. The summed E-state index contributed by atoms with van der Waals surface area (Å²) < 4.78 is 0. The summed E-state index contributed by atoms with van der Waals surface area (Å²) in [6.07, 6.45) is 3.01. The highest BCUT2D eigenvalue weighted by Crippen LogP contribution is 2.41. The van der Waals surface area contributed by atoms with Gasteiger partial charge in [-0.3, -0.25) is 0 Å². The molecule has 0 aliphatic carbocycles. The van der Waals surface area contributed by atoms with E-state index in [0.717, 1.165) is 62.3 Å². The van der Waals surface area contributed by atoms with Gasteiger partial charge >= 0.3 is 0 Å². The smallest absolute Gasteiger partial charge is 0.117 e. The van der Waals surface area contributed by atoms with Crippen molar-refractivity contribution < 1.29 is 5.11 Å². The van der Waals surface area contributed by atoms with Gasteiger partial charge in [-0.2, -0.15) is 5.26 Å². The van der Waals surface area contributed by atoms with Gasteiger partial charge in [-0.25, -0.2) is 0 Å². The van der Waals surface area contributed by atoms with E-state index >= 15 is 0 Å². The van der Waals surface area contributed by atoms with Crippen LogP contribution in [0.3, 0.4) is 0 Å². The van der Waals surface area contributed by atoms with E-state index in [9.17, 15) is 5.11 Å². The number of nitrogens with one attached hydrogen (secondary N) is 1. The monoisotopic (exact) mass is 425 g/mol. The van der Waals surface area contributed by atoms with E-state index in [1.807, 2.05) is 84.9 Å². The Morgan fingerprint density at radius 3 is 1.97 bits per heavy atom. The van der Waals surface area contributed by atoms with Gasteiger partial charge in [0.25, 0.3) is 0 Å². The maximum Gasteiger partial charge on any atom is 0.117 e. The molecule has 3 aromatic rings. The summed E-state index contributed by atoms with van der Waals surface area (Å²) in [5.74, 6) is 0.195. The van der Waals surface area contributed by atoms with Gasteiger partial charge in [0, 0.05) is 12.2 Å². The third-order valence-corrected chi connectivity index (χ3v) is 6.60. The molecule has 4 nitrogen and oxygen atoms in total. The van der Waals surface area contributed by atoms with Crippen molar-refractivity contribution in [2.75, 3.05) is 31.5 Å². The number of hydrogen-bond donors (Lipinski definition) is 2. The third-order valence-electron chi connectivity index (χ3n) is 6.60. The summed E-state index contributed by atoms with van der Waals surface area (Å²) in [5.41, 5.74) is 2.75. The normalized spacial score (nSPS) is 15.2. The molecule has 2 N–H and O–H groups in total. The van der Waals surface area contributed by atoms with Crippen molar-refractivity contribution in [2.24, 2.45) is 5.92 Å². The molecule has 0 unspecified atom stereocenters. The molecule has 4 heteroatoms. The average Bonchev–Trinajstić information content (AvgIpc) is 2.88. The van der Waals surface area contributed by atoms with Crippen LogP contribution in [0.2, 0.25) is 0 Å². The molecule has 0 aromatic heterocycles. The summed E-state index contributed by atoms with van der Waals surface area (Å²) in [5, 5.41) is 24.3. The average molecular weight is 426 g/mol. The van der Waals surface area contributed by atoms with E-state index in [1.54, 1.807) is 0 Å². The second-order valence-corrected chi connectivity index (χ2v) is 8.58. The first-order valence-corrected chi connectivity index (χ1v) is 11.5. The minimum atomic E-state index is -0.953. The largest absolute Gasteiger partial charge is 0.385 e. The summed E-state index contributed by atoms with van der Waals surface area (Å²) >= 11 is 0. The van der Waals surface area contributed by atoms with Crippen molar-refractivity contribution in [2.45, 2.75) is 24.9 Å². The van der Waals surface area contributed by atoms with E-state index in [4.69, 9.17) is 5.26 Å². The van der Waals surface area contributed by atoms with Crippen LogP contribution < -0.4 is 5.32 Å². The zero-order valence-electron chi connectivity index (χ0n) is 18.5. The molecule has 0 radical (unpaired) electrons. The number of benzene rings is 3. The van der Waals surface area contributed by atoms with Gasteiger partial charge in [0.15, 0.2) is 0 Å². The lowest BCUT2D eigenvalue weighted by Crippen LogP contribution is -2.44. The van der Waals surface area contributed by atoms with Crippen LogP contribution in [0.15, 0.2) is 84.9 Å². The number of nitriles is 1. The first kappa shape index (κ1) is 22.1. The van der Waals surface area contributed by atoms with Crippen molar-refractivity contribution in [3.63, 3.8) is 0 Å². The van der Waals surface area contributed by atoms with Crippen molar-refractivity contribution in [3.05, 3.63) is 102 Å². The molecule has 1 heterocycles. The van der Waals surface area contributed by atoms with Gasteiger partial charge in [-0.1, -0.05) is 60.7 Å². The Hall–Kier alpha value is -3.13. The fraction of sp³-hybridized carbons (Fsp3) is 0.321. The summed E-state index contributed by atoms with van der Waals surface area (Å²) in [6.45, 7) is 3.96. The molecule has 4 rings (SSSR count). The maximum absolute atomic E-state index is 12.0. The zero-order valence-corrected chi connectivity index (χ0v) is 18.5. The van der Waals surface area contributed by atoms with Crippen LogP contribution in [0, 0.1) is 17.2 Å². The molecule has 1 aliphatic heterocycles. The molecule has 0 amide bonds. The highest BCUT2D eigenvalue weighted by molar-refractivity contribution is 5.47. The predicted molar refractivity (Wildman–Crippen MR) is 129 cm³/mol. The van der Waals surface area contributed by atoms with Gasteiger partial charge in [0.1, 0.15) is 5.60 Å². The highest BCUT2D eigenvalue weighted by atomic mass is 16.3. The van der Waals surface area contributed by atoms with Crippen molar-refractivity contribution in [1.82, 2.24) is 4.90 Å². The third kappa shape index (κ3) is 5.02. The van der Waals surface area contributed by atoms with Crippen LogP contribution in [0.5, 0.6) is 0 Å². The number of anilines is 1. The Balaban J connectivity index is 1.32. The van der Waals surface area contributed by atoms with Crippen LogP contribution in [-0.2, 0) is 5.60 Å². The molecule has 0 bridgehead atoms. The summed E-state index contributed by atoms with van der Waals surface area (Å²) in [4.78, 5) is 2.51. The van der Waals surface area contributed by atoms with E-state index in [-0.39, 0.29) is 5.92 Å². The molecule has 0 spiro atoms. The van der Waals surface area contributed by atoms with Crippen LogP contribution in [0.25, 0.3) is 0 Å².